The van der Waals surface area contributed by atoms with E-state index in [2.05, 4.69) is 5.32 Å². The molecule has 6 N–H and O–H groups in total. The van der Waals surface area contributed by atoms with Crippen LogP contribution in [-0.2, 0) is 4.79 Å². The number of primary amides is 1. The van der Waals surface area contributed by atoms with E-state index in [0.717, 1.165) is 0 Å². The highest BCUT2D eigenvalue weighted by Gasteiger charge is 2.10. The number of amides is 2. The Labute approximate surface area is 80.0 Å². The second-order valence-corrected chi connectivity index (χ2v) is 3.46. The minimum absolute atomic E-state index is 0.329. The van der Waals surface area contributed by atoms with Crippen molar-refractivity contribution in [2.75, 3.05) is 18.1 Å². The Hall–Kier alpha value is -0.950. The van der Waals surface area contributed by atoms with Crippen molar-refractivity contribution < 1.29 is 14.7 Å². The topological polar surface area (TPSA) is 118 Å². The van der Waals surface area contributed by atoms with Crippen LogP contribution in [0.2, 0.25) is 0 Å². The second kappa shape index (κ2) is 6.55. The fourth-order valence-corrected chi connectivity index (χ4v) is 1.34. The third-order valence-electron chi connectivity index (χ3n) is 1.16. The summed E-state index contributed by atoms with van der Waals surface area (Å²) in [7, 11) is 0. The Morgan fingerprint density at radius 1 is 1.54 bits per heavy atom. The molecule has 0 aromatic carbocycles. The van der Waals surface area contributed by atoms with Crippen molar-refractivity contribution in [3.05, 3.63) is 0 Å². The maximum atomic E-state index is 10.2. The summed E-state index contributed by atoms with van der Waals surface area (Å²) in [6, 6.07) is -1.43. The molecule has 0 aromatic heterocycles. The summed E-state index contributed by atoms with van der Waals surface area (Å²) in [5.41, 5.74) is 10.0. The fourth-order valence-electron chi connectivity index (χ4n) is 0.528. The zero-order valence-corrected chi connectivity index (χ0v) is 7.84. The molecule has 0 fully saturated rings. The van der Waals surface area contributed by atoms with E-state index >= 15 is 0 Å². The number of rotatable bonds is 6. The Bertz CT molecular complexity index is 188. The van der Waals surface area contributed by atoms with Crippen molar-refractivity contribution in [3.63, 3.8) is 0 Å². The van der Waals surface area contributed by atoms with E-state index in [1.165, 1.54) is 11.8 Å². The largest absolute Gasteiger partial charge is 0.480 e. The SMILES string of the molecule is NC(=O)NCCSCC(N)C(=O)O. The van der Waals surface area contributed by atoms with Gasteiger partial charge in [-0.1, -0.05) is 0 Å². The zero-order valence-electron chi connectivity index (χ0n) is 7.03. The Balaban J connectivity index is 3.26. The molecule has 0 saturated carbocycles. The van der Waals surface area contributed by atoms with E-state index in [4.69, 9.17) is 16.6 Å². The van der Waals surface area contributed by atoms with Crippen LogP contribution in [0.3, 0.4) is 0 Å². The Morgan fingerprint density at radius 3 is 2.62 bits per heavy atom. The van der Waals surface area contributed by atoms with E-state index in [1.807, 2.05) is 0 Å². The lowest BCUT2D eigenvalue weighted by molar-refractivity contribution is -0.137. The zero-order chi connectivity index (χ0) is 10.3. The smallest absolute Gasteiger partial charge is 0.321 e. The third kappa shape index (κ3) is 7.41. The molecular weight excluding hydrogens is 194 g/mol. The highest BCUT2D eigenvalue weighted by molar-refractivity contribution is 7.99. The first-order valence-electron chi connectivity index (χ1n) is 3.63. The number of thioether (sulfide) groups is 1. The van der Waals surface area contributed by atoms with Gasteiger partial charge in [0.1, 0.15) is 6.04 Å². The molecule has 1 unspecified atom stereocenters. The monoisotopic (exact) mass is 207 g/mol. The molecule has 0 aliphatic heterocycles. The number of hydrogen-bond acceptors (Lipinski definition) is 4. The molecule has 7 heteroatoms. The maximum absolute atomic E-state index is 10.2. The minimum atomic E-state index is -1.02. The van der Waals surface area contributed by atoms with Gasteiger partial charge in [-0.25, -0.2) is 4.79 Å². The summed E-state index contributed by atoms with van der Waals surface area (Å²) >= 11 is 1.36. The van der Waals surface area contributed by atoms with Crippen molar-refractivity contribution >= 4 is 23.8 Å². The van der Waals surface area contributed by atoms with Crippen LogP contribution in [0.25, 0.3) is 0 Å². The van der Waals surface area contributed by atoms with Crippen LogP contribution in [0.5, 0.6) is 0 Å². The number of hydrogen-bond donors (Lipinski definition) is 4. The van der Waals surface area contributed by atoms with Crippen LogP contribution in [0.15, 0.2) is 0 Å². The van der Waals surface area contributed by atoms with Gasteiger partial charge in [0, 0.05) is 18.1 Å². The van der Waals surface area contributed by atoms with E-state index in [1.54, 1.807) is 0 Å². The first-order valence-corrected chi connectivity index (χ1v) is 4.79. The summed E-state index contributed by atoms with van der Waals surface area (Å²) < 4.78 is 0. The average Bonchev–Trinajstić information content (AvgIpc) is 2.02. The number of carboxylic acid groups (broad SMARTS) is 1. The van der Waals surface area contributed by atoms with Crippen LogP contribution < -0.4 is 16.8 Å². The summed E-state index contributed by atoms with van der Waals surface area (Å²) in [5, 5.41) is 10.8. The molecule has 76 valence electrons. The van der Waals surface area contributed by atoms with Gasteiger partial charge >= 0.3 is 12.0 Å². The standard InChI is InChI=1S/C6H13N3O3S/c7-4(5(10)11)3-13-2-1-9-6(8)12/h4H,1-3,7H2,(H,10,11)(H3,8,9,12). The molecule has 13 heavy (non-hydrogen) atoms. The highest BCUT2D eigenvalue weighted by Crippen LogP contribution is 2.00. The van der Waals surface area contributed by atoms with Gasteiger partial charge in [0.15, 0.2) is 0 Å². The third-order valence-corrected chi connectivity index (χ3v) is 2.25. The number of aliphatic carboxylic acids is 1. The highest BCUT2D eigenvalue weighted by atomic mass is 32.2. The van der Waals surface area contributed by atoms with Gasteiger partial charge in [-0.05, 0) is 0 Å². The molecule has 0 rings (SSSR count). The van der Waals surface area contributed by atoms with Crippen molar-refractivity contribution in [2.45, 2.75) is 6.04 Å². The lowest BCUT2D eigenvalue weighted by Crippen LogP contribution is -2.34. The van der Waals surface area contributed by atoms with Gasteiger partial charge < -0.3 is 21.9 Å². The minimum Gasteiger partial charge on any atom is -0.480 e. The molecule has 0 radical (unpaired) electrons. The summed E-state index contributed by atoms with van der Waals surface area (Å²) in [6.45, 7) is 0.423. The van der Waals surface area contributed by atoms with Gasteiger partial charge in [0.2, 0.25) is 0 Å². The Kier molecular flexibility index (Phi) is 6.07. The van der Waals surface area contributed by atoms with Crippen molar-refractivity contribution in [1.29, 1.82) is 0 Å². The molecule has 0 aliphatic carbocycles. The first kappa shape index (κ1) is 12.0. The molecule has 0 bridgehead atoms. The summed E-state index contributed by atoms with van der Waals surface area (Å²) in [4.78, 5) is 20.4. The van der Waals surface area contributed by atoms with Crippen LogP contribution in [-0.4, -0.2) is 41.2 Å². The quantitative estimate of drug-likeness (QED) is 0.408. The van der Waals surface area contributed by atoms with Gasteiger partial charge in [0.05, 0.1) is 0 Å². The van der Waals surface area contributed by atoms with Gasteiger partial charge in [-0.15, -0.1) is 0 Å². The molecule has 2 amide bonds. The molecule has 0 aliphatic rings. The van der Waals surface area contributed by atoms with Crippen molar-refractivity contribution in [1.82, 2.24) is 5.32 Å². The number of carbonyl (C=O) groups excluding carboxylic acids is 1. The predicted octanol–water partition coefficient (Wildman–Crippen LogP) is -1.20. The van der Waals surface area contributed by atoms with Crippen molar-refractivity contribution in [2.24, 2.45) is 11.5 Å². The maximum Gasteiger partial charge on any atom is 0.321 e. The average molecular weight is 207 g/mol. The van der Waals surface area contributed by atoms with Crippen LogP contribution in [0, 0.1) is 0 Å². The number of nitrogens with two attached hydrogens (primary N) is 2. The van der Waals surface area contributed by atoms with Gasteiger partial charge in [0.25, 0.3) is 0 Å². The van der Waals surface area contributed by atoms with Gasteiger partial charge in [-0.2, -0.15) is 11.8 Å². The molecule has 0 saturated heterocycles. The number of carbonyl (C=O) groups is 2. The first-order chi connectivity index (χ1) is 6.04. The summed E-state index contributed by atoms with van der Waals surface area (Å²) in [5.74, 6) is -0.0879. The normalized spacial score (nSPS) is 12.1. The molecule has 0 spiro atoms. The fraction of sp³-hybridized carbons (Fsp3) is 0.667. The van der Waals surface area contributed by atoms with E-state index in [9.17, 15) is 9.59 Å². The van der Waals surface area contributed by atoms with E-state index in [0.29, 0.717) is 18.1 Å². The van der Waals surface area contributed by atoms with Crippen LogP contribution in [0.1, 0.15) is 0 Å². The predicted molar refractivity (Wildman–Crippen MR) is 50.5 cm³/mol. The second-order valence-electron chi connectivity index (χ2n) is 2.31. The molecule has 6 nitrogen and oxygen atoms in total. The molecule has 0 heterocycles. The Morgan fingerprint density at radius 2 is 2.15 bits per heavy atom. The number of urea groups is 1. The molecular formula is C6H13N3O3S. The molecule has 1 atom stereocenters. The summed E-state index contributed by atoms with van der Waals surface area (Å²) in [6.07, 6.45) is 0. The van der Waals surface area contributed by atoms with E-state index < -0.39 is 18.0 Å². The number of nitrogens with one attached hydrogen (secondary N) is 1. The van der Waals surface area contributed by atoms with Gasteiger partial charge in [-0.3, -0.25) is 4.79 Å². The lowest BCUT2D eigenvalue weighted by atomic mass is 10.4. The lowest BCUT2D eigenvalue weighted by Gasteiger charge is -2.05. The van der Waals surface area contributed by atoms with Crippen LogP contribution in [0.4, 0.5) is 4.79 Å². The van der Waals surface area contributed by atoms with Crippen LogP contribution >= 0.6 is 11.8 Å². The van der Waals surface area contributed by atoms with Crippen molar-refractivity contribution in [3.8, 4) is 0 Å². The number of carboxylic acids is 1. The molecule has 0 aromatic rings. The van der Waals surface area contributed by atoms with E-state index in [-0.39, 0.29) is 0 Å².